The molecule has 2 aromatic rings. The number of nitrogens with one attached hydrogen (secondary N) is 2. The lowest BCUT2D eigenvalue weighted by atomic mass is 9.86. The molecule has 0 radical (unpaired) electrons. The molecule has 1 saturated carbocycles. The van der Waals surface area contributed by atoms with Gasteiger partial charge in [0.25, 0.3) is 0 Å². The predicted molar refractivity (Wildman–Crippen MR) is 174 cm³/mol. The summed E-state index contributed by atoms with van der Waals surface area (Å²) in [5.41, 5.74) is 9.64. The van der Waals surface area contributed by atoms with Crippen LogP contribution in [0.5, 0.6) is 0 Å². The number of pyridine rings is 1. The maximum Gasteiger partial charge on any atom is 0.248 e. The number of fused-ring (bicyclic) bond motifs is 3. The Hall–Kier alpha value is -2.46. The Bertz CT molecular complexity index is 1240. The fourth-order valence-electron chi connectivity index (χ4n) is 8.48. The highest BCUT2D eigenvalue weighted by molar-refractivity contribution is 5.79. The normalized spacial score (nSPS) is 27.3. The fraction of sp³-hybridized carbons (Fsp3) is 0.667. The van der Waals surface area contributed by atoms with Gasteiger partial charge in [-0.2, -0.15) is 0 Å². The molecule has 1 aromatic carbocycles. The van der Waals surface area contributed by atoms with Gasteiger partial charge in [0.05, 0.1) is 17.8 Å². The summed E-state index contributed by atoms with van der Waals surface area (Å²) in [6.45, 7) is 4.62. The molecule has 246 valence electrons. The standard InChI is InChI=1S/C36H52F2N6O/c37-36(38)18-15-28(16-19-36)35(45)42-30(26-8-2-1-3-9-26)17-23-44-29-13-14-32(44)31(41-24-29)25-43(22-5-4-20-39)33-12-6-10-27-11-7-21-40-34(27)33/h1-3,7-9,11,21,28-33,41H,4-6,10,12-20,22-25,39H2,(H,42,45)/t29?,30-,31?,32?,33-/m0/s1. The molecule has 3 unspecified atom stereocenters. The van der Waals surface area contributed by atoms with Gasteiger partial charge in [0.15, 0.2) is 0 Å². The van der Waals surface area contributed by atoms with E-state index in [-0.39, 0.29) is 43.6 Å². The van der Waals surface area contributed by atoms with E-state index in [1.807, 2.05) is 24.4 Å². The molecular formula is C36H52F2N6O. The average molecular weight is 623 g/mol. The molecule has 2 saturated heterocycles. The SMILES string of the molecule is NCCCCN(CC1NCC2CCC1N2CC[C@H](NC(=O)C1CCC(F)(F)CC1)c1ccccc1)[C@H]1CCCc2cccnc21. The lowest BCUT2D eigenvalue weighted by Crippen LogP contribution is -2.61. The van der Waals surface area contributed by atoms with E-state index >= 15 is 0 Å². The minimum atomic E-state index is -2.63. The first-order valence-corrected chi connectivity index (χ1v) is 17.5. The minimum Gasteiger partial charge on any atom is -0.349 e. The summed E-state index contributed by atoms with van der Waals surface area (Å²) in [4.78, 5) is 23.6. The Labute approximate surface area is 267 Å². The van der Waals surface area contributed by atoms with Gasteiger partial charge in [-0.25, -0.2) is 8.78 Å². The van der Waals surface area contributed by atoms with Crippen LogP contribution >= 0.6 is 0 Å². The molecule has 3 heterocycles. The van der Waals surface area contributed by atoms with Gasteiger partial charge in [-0.1, -0.05) is 36.4 Å². The highest BCUT2D eigenvalue weighted by atomic mass is 19.3. The topological polar surface area (TPSA) is 86.5 Å². The molecule has 9 heteroatoms. The Balaban J connectivity index is 1.13. The fourth-order valence-corrected chi connectivity index (χ4v) is 8.48. The van der Waals surface area contributed by atoms with E-state index in [0.717, 1.165) is 70.4 Å². The van der Waals surface area contributed by atoms with Crippen molar-refractivity contribution in [1.82, 2.24) is 25.4 Å². The van der Waals surface area contributed by atoms with Crippen LogP contribution in [0.25, 0.3) is 0 Å². The Morgan fingerprint density at radius 2 is 1.91 bits per heavy atom. The van der Waals surface area contributed by atoms with Crippen LogP contribution in [0.4, 0.5) is 8.78 Å². The van der Waals surface area contributed by atoms with Gasteiger partial charge in [0.2, 0.25) is 11.8 Å². The van der Waals surface area contributed by atoms with E-state index in [9.17, 15) is 13.6 Å². The van der Waals surface area contributed by atoms with Gasteiger partial charge in [-0.15, -0.1) is 0 Å². The Kier molecular flexibility index (Phi) is 10.8. The van der Waals surface area contributed by atoms with Crippen LogP contribution in [0.3, 0.4) is 0 Å². The largest absolute Gasteiger partial charge is 0.349 e. The number of nitrogens with two attached hydrogens (primary N) is 1. The number of hydrogen-bond acceptors (Lipinski definition) is 6. The molecule has 2 bridgehead atoms. The summed E-state index contributed by atoms with van der Waals surface area (Å²) in [5, 5.41) is 7.23. The predicted octanol–water partition coefficient (Wildman–Crippen LogP) is 5.38. The van der Waals surface area contributed by atoms with Gasteiger partial charge in [0, 0.05) is 62.7 Å². The van der Waals surface area contributed by atoms with Gasteiger partial charge < -0.3 is 16.4 Å². The van der Waals surface area contributed by atoms with Crippen molar-refractivity contribution in [3.63, 3.8) is 0 Å². The zero-order valence-corrected chi connectivity index (χ0v) is 26.7. The third-order valence-corrected chi connectivity index (χ3v) is 11.0. The number of piperazine rings is 1. The van der Waals surface area contributed by atoms with E-state index in [1.54, 1.807) is 0 Å². The third-order valence-electron chi connectivity index (χ3n) is 11.0. The second-order valence-electron chi connectivity index (χ2n) is 13.9. The summed E-state index contributed by atoms with van der Waals surface area (Å²) in [6.07, 6.45) is 10.8. The second kappa shape index (κ2) is 15.0. The smallest absolute Gasteiger partial charge is 0.248 e. The van der Waals surface area contributed by atoms with Crippen LogP contribution in [0.15, 0.2) is 48.7 Å². The van der Waals surface area contributed by atoms with Gasteiger partial charge in [-0.05, 0) is 94.5 Å². The van der Waals surface area contributed by atoms with Crippen molar-refractivity contribution in [2.45, 2.75) is 113 Å². The molecule has 0 spiro atoms. The number of nitrogens with zero attached hydrogens (tertiary/aromatic N) is 3. The van der Waals surface area contributed by atoms with Crippen molar-refractivity contribution in [2.24, 2.45) is 11.7 Å². The molecule has 4 aliphatic rings. The van der Waals surface area contributed by atoms with Crippen molar-refractivity contribution in [1.29, 1.82) is 0 Å². The van der Waals surface area contributed by atoms with Gasteiger partial charge in [0.1, 0.15) is 0 Å². The summed E-state index contributed by atoms with van der Waals surface area (Å²) >= 11 is 0. The van der Waals surface area contributed by atoms with E-state index < -0.39 is 5.92 Å². The van der Waals surface area contributed by atoms with E-state index in [0.29, 0.717) is 24.2 Å². The zero-order valence-electron chi connectivity index (χ0n) is 26.7. The van der Waals surface area contributed by atoms with Crippen molar-refractivity contribution in [3.8, 4) is 0 Å². The maximum atomic E-state index is 13.8. The molecule has 3 fully saturated rings. The lowest BCUT2D eigenvalue weighted by molar-refractivity contribution is -0.130. The Morgan fingerprint density at radius 3 is 2.71 bits per heavy atom. The Morgan fingerprint density at radius 1 is 1.09 bits per heavy atom. The zero-order chi connectivity index (χ0) is 31.2. The average Bonchev–Trinajstić information content (AvgIpc) is 3.35. The van der Waals surface area contributed by atoms with Gasteiger partial charge >= 0.3 is 0 Å². The molecule has 7 nitrogen and oxygen atoms in total. The van der Waals surface area contributed by atoms with Crippen LogP contribution < -0.4 is 16.4 Å². The van der Waals surface area contributed by atoms with Gasteiger partial charge in [-0.3, -0.25) is 19.6 Å². The number of alkyl halides is 2. The molecule has 1 amide bonds. The molecular weight excluding hydrogens is 570 g/mol. The van der Waals surface area contributed by atoms with Crippen molar-refractivity contribution >= 4 is 5.91 Å². The van der Waals surface area contributed by atoms with Crippen LogP contribution in [0.1, 0.15) is 99.5 Å². The molecule has 1 aromatic heterocycles. The van der Waals surface area contributed by atoms with Crippen LogP contribution in [0.2, 0.25) is 0 Å². The van der Waals surface area contributed by atoms with Crippen LogP contribution in [0, 0.1) is 5.92 Å². The molecule has 6 rings (SSSR count). The summed E-state index contributed by atoms with van der Waals surface area (Å²) < 4.78 is 27.6. The summed E-state index contributed by atoms with van der Waals surface area (Å²) in [5.74, 6) is -3.04. The minimum absolute atomic E-state index is 0.0741. The summed E-state index contributed by atoms with van der Waals surface area (Å²) in [6, 6.07) is 16.0. The first kappa shape index (κ1) is 32.5. The summed E-state index contributed by atoms with van der Waals surface area (Å²) in [7, 11) is 0. The van der Waals surface area contributed by atoms with Crippen molar-refractivity contribution in [2.75, 3.05) is 32.7 Å². The lowest BCUT2D eigenvalue weighted by Gasteiger charge is -2.45. The maximum absolute atomic E-state index is 13.8. The number of unbranched alkanes of at least 4 members (excludes halogenated alkanes) is 1. The van der Waals surface area contributed by atoms with Crippen LogP contribution in [-0.4, -0.2) is 77.5 Å². The van der Waals surface area contributed by atoms with E-state index in [2.05, 4.69) is 44.7 Å². The number of carbonyl (C=O) groups excluding carboxylic acids is 1. The van der Waals surface area contributed by atoms with Crippen molar-refractivity contribution < 1.29 is 13.6 Å². The number of amides is 1. The number of benzene rings is 1. The number of aryl methyl sites for hydroxylation is 1. The molecule has 5 atom stereocenters. The first-order valence-electron chi connectivity index (χ1n) is 17.5. The number of hydrogen-bond donors (Lipinski definition) is 3. The number of rotatable bonds is 13. The van der Waals surface area contributed by atoms with Crippen LogP contribution in [-0.2, 0) is 11.2 Å². The molecule has 45 heavy (non-hydrogen) atoms. The molecule has 2 aliphatic carbocycles. The van der Waals surface area contributed by atoms with E-state index in [1.165, 1.54) is 30.5 Å². The highest BCUT2D eigenvalue weighted by Crippen LogP contribution is 2.38. The molecule has 4 N–H and O–H groups in total. The third kappa shape index (κ3) is 7.92. The number of halogens is 2. The number of aromatic nitrogens is 1. The monoisotopic (exact) mass is 622 g/mol. The number of carbonyl (C=O) groups is 1. The van der Waals surface area contributed by atoms with Crippen molar-refractivity contribution in [3.05, 3.63) is 65.5 Å². The first-order chi connectivity index (χ1) is 21.9. The highest BCUT2D eigenvalue weighted by Gasteiger charge is 2.44. The van der Waals surface area contributed by atoms with E-state index in [4.69, 9.17) is 10.7 Å². The second-order valence-corrected chi connectivity index (χ2v) is 13.9. The molecule has 2 aliphatic heterocycles. The quantitative estimate of drug-likeness (QED) is 0.260.